The first kappa shape index (κ1) is 13.2. The van der Waals surface area contributed by atoms with Crippen molar-refractivity contribution in [3.63, 3.8) is 0 Å². The number of thioether (sulfide) groups is 2. The average molecular weight is 253 g/mol. The first-order chi connectivity index (χ1) is 7.80. The molecule has 0 aliphatic rings. The van der Waals surface area contributed by atoms with Gasteiger partial charge in [0, 0.05) is 10.7 Å². The van der Waals surface area contributed by atoms with Crippen LogP contribution < -0.4 is 0 Å². The number of oxime groups is 1. The van der Waals surface area contributed by atoms with E-state index in [2.05, 4.69) is 5.16 Å². The van der Waals surface area contributed by atoms with E-state index in [1.165, 1.54) is 0 Å². The molecule has 0 heterocycles. The first-order valence-corrected chi connectivity index (χ1v) is 7.29. The molecule has 16 heavy (non-hydrogen) atoms. The van der Waals surface area contributed by atoms with Crippen molar-refractivity contribution in [2.75, 3.05) is 12.5 Å². The minimum Gasteiger partial charge on any atom is -0.411 e. The van der Waals surface area contributed by atoms with Crippen molar-refractivity contribution >= 4 is 29.2 Å². The topological polar surface area (TPSA) is 32.6 Å². The molecule has 4 heteroatoms. The summed E-state index contributed by atoms with van der Waals surface area (Å²) in [6.45, 7) is 0. The van der Waals surface area contributed by atoms with Crippen LogP contribution in [0.3, 0.4) is 0 Å². The molecule has 1 N–H and O–H groups in total. The summed E-state index contributed by atoms with van der Waals surface area (Å²) in [5.41, 5.74) is 1.83. The Hall–Kier alpha value is -0.870. The largest absolute Gasteiger partial charge is 0.411 e. The Morgan fingerprint density at radius 2 is 1.88 bits per heavy atom. The van der Waals surface area contributed by atoms with Gasteiger partial charge in [-0.25, -0.2) is 0 Å². The molecule has 0 saturated heterocycles. The zero-order chi connectivity index (χ0) is 11.8. The van der Waals surface area contributed by atoms with E-state index < -0.39 is 0 Å². The van der Waals surface area contributed by atoms with Crippen LogP contribution >= 0.6 is 23.5 Å². The maximum absolute atomic E-state index is 8.95. The quantitative estimate of drug-likeness (QED) is 0.494. The zero-order valence-electron chi connectivity index (χ0n) is 9.38. The van der Waals surface area contributed by atoms with Gasteiger partial charge in [0.1, 0.15) is 0 Å². The lowest BCUT2D eigenvalue weighted by Gasteiger charge is -2.02. The van der Waals surface area contributed by atoms with Crippen LogP contribution in [0.2, 0.25) is 0 Å². The fourth-order valence-corrected chi connectivity index (χ4v) is 2.43. The minimum atomic E-state index is 0.655. The van der Waals surface area contributed by atoms with Crippen LogP contribution in [0.5, 0.6) is 0 Å². The highest BCUT2D eigenvalue weighted by molar-refractivity contribution is 8.21. The molecule has 2 nitrogen and oxygen atoms in total. The summed E-state index contributed by atoms with van der Waals surface area (Å²) >= 11 is 3.31. The van der Waals surface area contributed by atoms with E-state index in [-0.39, 0.29) is 0 Å². The molecule has 0 unspecified atom stereocenters. The van der Waals surface area contributed by atoms with Gasteiger partial charge in [-0.2, -0.15) is 0 Å². The van der Waals surface area contributed by atoms with Gasteiger partial charge in [-0.15, -0.1) is 23.5 Å². The van der Waals surface area contributed by atoms with Gasteiger partial charge in [0.25, 0.3) is 0 Å². The summed E-state index contributed by atoms with van der Waals surface area (Å²) in [5.74, 6) is 0. The van der Waals surface area contributed by atoms with Crippen molar-refractivity contribution in [3.05, 3.63) is 46.2 Å². The molecule has 0 radical (unpaired) electrons. The molecule has 0 bridgehead atoms. The Bertz CT molecular complexity index is 368. The Morgan fingerprint density at radius 3 is 2.38 bits per heavy atom. The molecule has 1 rings (SSSR count). The standard InChI is InChI=1S/C12H15NOS2/c1-15-12(16-2)9-11(13-14)8-10-6-4-3-5-7-10/h3-7,9,14H,8H2,1-2H3. The molecule has 0 aliphatic heterocycles. The highest BCUT2D eigenvalue weighted by atomic mass is 32.2. The van der Waals surface area contributed by atoms with Crippen LogP contribution in [0.25, 0.3) is 0 Å². The lowest BCUT2D eigenvalue weighted by atomic mass is 10.1. The van der Waals surface area contributed by atoms with Crippen molar-refractivity contribution in [3.8, 4) is 0 Å². The van der Waals surface area contributed by atoms with Crippen molar-refractivity contribution in [1.82, 2.24) is 0 Å². The van der Waals surface area contributed by atoms with Crippen molar-refractivity contribution in [2.24, 2.45) is 5.16 Å². The molecule has 0 aromatic heterocycles. The smallest absolute Gasteiger partial charge is 0.0855 e. The van der Waals surface area contributed by atoms with Gasteiger partial charge in [-0.05, 0) is 24.2 Å². The van der Waals surface area contributed by atoms with Gasteiger partial charge in [0.15, 0.2) is 0 Å². The highest BCUT2D eigenvalue weighted by Crippen LogP contribution is 2.23. The molecule has 1 aromatic rings. The van der Waals surface area contributed by atoms with Gasteiger partial charge in [0.05, 0.1) is 5.71 Å². The van der Waals surface area contributed by atoms with E-state index in [0.717, 1.165) is 9.80 Å². The fraction of sp³-hybridized carbons (Fsp3) is 0.250. The predicted octanol–water partition coefficient (Wildman–Crippen LogP) is 3.63. The van der Waals surface area contributed by atoms with Crippen LogP contribution in [-0.2, 0) is 6.42 Å². The van der Waals surface area contributed by atoms with E-state index in [1.54, 1.807) is 23.5 Å². The van der Waals surface area contributed by atoms with Crippen molar-refractivity contribution in [2.45, 2.75) is 6.42 Å². The van der Waals surface area contributed by atoms with Crippen molar-refractivity contribution < 1.29 is 5.21 Å². The Labute approximate surface area is 105 Å². The summed E-state index contributed by atoms with van der Waals surface area (Å²) < 4.78 is 1.14. The monoisotopic (exact) mass is 253 g/mol. The zero-order valence-corrected chi connectivity index (χ0v) is 11.0. The summed E-state index contributed by atoms with van der Waals surface area (Å²) in [6.07, 6.45) is 6.60. The molecule has 86 valence electrons. The number of hydrogen-bond acceptors (Lipinski definition) is 4. The van der Waals surface area contributed by atoms with E-state index >= 15 is 0 Å². The minimum absolute atomic E-state index is 0.655. The molecule has 0 saturated carbocycles. The van der Waals surface area contributed by atoms with Gasteiger partial charge < -0.3 is 5.21 Å². The van der Waals surface area contributed by atoms with Crippen LogP contribution in [0.1, 0.15) is 5.56 Å². The Morgan fingerprint density at radius 1 is 1.25 bits per heavy atom. The van der Waals surface area contributed by atoms with Gasteiger partial charge in [-0.1, -0.05) is 35.5 Å². The Balaban J connectivity index is 2.75. The lowest BCUT2D eigenvalue weighted by molar-refractivity contribution is 0.318. The summed E-state index contributed by atoms with van der Waals surface area (Å²) in [7, 11) is 0. The number of benzene rings is 1. The average Bonchev–Trinajstić information content (AvgIpc) is 2.35. The number of allylic oxidation sites excluding steroid dienone is 1. The lowest BCUT2D eigenvalue weighted by Crippen LogP contribution is -2.00. The van der Waals surface area contributed by atoms with Crippen LogP contribution in [0, 0.1) is 0 Å². The molecule has 0 spiro atoms. The molecular formula is C12H15NOS2. The second-order valence-corrected chi connectivity index (χ2v) is 5.08. The van der Waals surface area contributed by atoms with Crippen LogP contribution in [-0.4, -0.2) is 23.4 Å². The van der Waals surface area contributed by atoms with Crippen molar-refractivity contribution in [1.29, 1.82) is 0 Å². The van der Waals surface area contributed by atoms with Gasteiger partial charge in [-0.3, -0.25) is 0 Å². The molecular weight excluding hydrogens is 238 g/mol. The third-order valence-corrected chi connectivity index (χ3v) is 4.08. The predicted molar refractivity (Wildman–Crippen MR) is 74.5 cm³/mol. The van der Waals surface area contributed by atoms with Crippen LogP contribution in [0.15, 0.2) is 45.8 Å². The van der Waals surface area contributed by atoms with E-state index in [9.17, 15) is 0 Å². The number of rotatable bonds is 5. The van der Waals surface area contributed by atoms with E-state index in [1.807, 2.05) is 48.9 Å². The normalized spacial score (nSPS) is 11.2. The Kier molecular flexibility index (Phi) is 6.11. The summed E-state index contributed by atoms with van der Waals surface area (Å²) in [5, 5.41) is 12.3. The highest BCUT2D eigenvalue weighted by Gasteiger charge is 2.01. The first-order valence-electron chi connectivity index (χ1n) is 4.84. The number of nitrogens with zero attached hydrogens (tertiary/aromatic N) is 1. The van der Waals surface area contributed by atoms with Crippen LogP contribution in [0.4, 0.5) is 0 Å². The summed E-state index contributed by atoms with van der Waals surface area (Å²) in [6, 6.07) is 9.99. The van der Waals surface area contributed by atoms with Gasteiger partial charge >= 0.3 is 0 Å². The fourth-order valence-electron chi connectivity index (χ4n) is 1.26. The molecule has 0 aliphatic carbocycles. The molecule has 0 atom stereocenters. The third kappa shape index (κ3) is 4.33. The second kappa shape index (κ2) is 7.41. The molecule has 0 fully saturated rings. The maximum Gasteiger partial charge on any atom is 0.0855 e. The summed E-state index contributed by atoms with van der Waals surface area (Å²) in [4.78, 5) is 0. The number of hydrogen-bond donors (Lipinski definition) is 1. The maximum atomic E-state index is 8.95. The van der Waals surface area contributed by atoms with E-state index in [0.29, 0.717) is 12.1 Å². The molecule has 0 amide bonds. The molecule has 1 aromatic carbocycles. The third-order valence-electron chi connectivity index (χ3n) is 2.04. The SMILES string of the molecule is CSC(=CC(Cc1ccccc1)=NO)SC. The van der Waals surface area contributed by atoms with E-state index in [4.69, 9.17) is 5.21 Å². The second-order valence-electron chi connectivity index (χ2n) is 3.13. The van der Waals surface area contributed by atoms with Gasteiger partial charge in [0.2, 0.25) is 0 Å².